The summed E-state index contributed by atoms with van der Waals surface area (Å²) in [7, 11) is 0. The molecule has 2 aliphatic carbocycles. The van der Waals surface area contributed by atoms with E-state index in [-0.39, 0.29) is 5.41 Å². The highest BCUT2D eigenvalue weighted by Crippen LogP contribution is 2.51. The van der Waals surface area contributed by atoms with Crippen molar-refractivity contribution in [2.75, 3.05) is 4.90 Å². The van der Waals surface area contributed by atoms with E-state index in [1.54, 1.807) is 0 Å². The number of hydrogen-bond donors (Lipinski definition) is 0. The molecule has 1 aromatic heterocycles. The van der Waals surface area contributed by atoms with Gasteiger partial charge in [-0.15, -0.1) is 0 Å². The van der Waals surface area contributed by atoms with Gasteiger partial charge in [-0.2, -0.15) is 0 Å². The number of hydrogen-bond acceptors (Lipinski definition) is 1. The van der Waals surface area contributed by atoms with Crippen LogP contribution >= 0.6 is 0 Å². The van der Waals surface area contributed by atoms with Crippen LogP contribution in [-0.2, 0) is 5.41 Å². The molecule has 0 aliphatic heterocycles. The molecule has 2 nitrogen and oxygen atoms in total. The number of rotatable bonds is 6. The van der Waals surface area contributed by atoms with Crippen molar-refractivity contribution >= 4 is 44.4 Å². The quantitative estimate of drug-likeness (QED) is 0.170. The Kier molecular flexibility index (Phi) is 7.33. The molecule has 8 aromatic rings. The zero-order chi connectivity index (χ0) is 35.5. The molecule has 0 amide bonds. The van der Waals surface area contributed by atoms with Gasteiger partial charge < -0.3 is 9.47 Å². The minimum Gasteiger partial charge on any atom is -0.310 e. The number of allylic oxidation sites excluding steroid dienone is 4. The van der Waals surface area contributed by atoms with Crippen LogP contribution in [0.1, 0.15) is 37.8 Å². The van der Waals surface area contributed by atoms with Gasteiger partial charge in [0.2, 0.25) is 0 Å². The molecule has 0 spiro atoms. The van der Waals surface area contributed by atoms with Gasteiger partial charge in [-0.05, 0) is 124 Å². The Balaban J connectivity index is 1.02. The van der Waals surface area contributed by atoms with Crippen molar-refractivity contribution in [1.29, 1.82) is 0 Å². The Labute approximate surface area is 311 Å². The summed E-state index contributed by atoms with van der Waals surface area (Å²) in [5, 5.41) is 2.52. The summed E-state index contributed by atoms with van der Waals surface area (Å²) in [6.07, 6.45) is 6.95. The van der Waals surface area contributed by atoms with Gasteiger partial charge in [-0.25, -0.2) is 0 Å². The molecule has 2 aliphatic rings. The van der Waals surface area contributed by atoms with E-state index in [2.05, 4.69) is 205 Å². The van der Waals surface area contributed by atoms with E-state index < -0.39 is 0 Å². The molecule has 0 fully saturated rings. The average Bonchev–Trinajstić information content (AvgIpc) is 3.67. The van der Waals surface area contributed by atoms with Crippen LogP contribution in [0.2, 0.25) is 0 Å². The summed E-state index contributed by atoms with van der Waals surface area (Å²) in [4.78, 5) is 2.40. The second kappa shape index (κ2) is 12.4. The largest absolute Gasteiger partial charge is 0.310 e. The molecular weight excluding hydrogens is 641 g/mol. The molecule has 0 bridgehead atoms. The molecule has 0 atom stereocenters. The Morgan fingerprint density at radius 1 is 0.509 bits per heavy atom. The van der Waals surface area contributed by atoms with Crippen LogP contribution in [0.25, 0.3) is 55.3 Å². The summed E-state index contributed by atoms with van der Waals surface area (Å²) in [5.74, 6) is 0. The van der Waals surface area contributed by atoms with Crippen molar-refractivity contribution in [3.8, 4) is 27.9 Å². The minimum absolute atomic E-state index is 0.0167. The second-order valence-corrected chi connectivity index (χ2v) is 14.9. The fraction of sp³-hybridized carbons (Fsp3) is 0.0980. The standard InChI is InChI=1S/C51H40N2/c1-51(2)47-19-11-9-17-43(47)44-31-30-42(34-48(44)51)52(39-15-7-4-8-16-39)40-26-23-37(24-27-40)38-25-32-50-46(33-38)45-18-10-12-20-49(45)53(50)41-28-21-36(22-29-41)35-13-5-3-6-14-35/h3-8,10-16,18-34H,9,17H2,1-2H3. The number of para-hydroxylation sites is 2. The average molecular weight is 681 g/mol. The predicted molar refractivity (Wildman–Crippen MR) is 225 cm³/mol. The van der Waals surface area contributed by atoms with Crippen LogP contribution in [0, 0.1) is 0 Å². The second-order valence-electron chi connectivity index (χ2n) is 14.9. The highest BCUT2D eigenvalue weighted by atomic mass is 15.1. The molecule has 10 rings (SSSR count). The molecular formula is C51H40N2. The van der Waals surface area contributed by atoms with Crippen molar-refractivity contribution in [3.63, 3.8) is 0 Å². The normalized spacial score (nSPS) is 14.5. The summed E-state index contributed by atoms with van der Waals surface area (Å²) >= 11 is 0. The first kappa shape index (κ1) is 31.4. The Morgan fingerprint density at radius 2 is 1.11 bits per heavy atom. The molecule has 1 heterocycles. The first-order chi connectivity index (χ1) is 26.0. The van der Waals surface area contributed by atoms with Gasteiger partial charge in [0.1, 0.15) is 0 Å². The lowest BCUT2D eigenvalue weighted by molar-refractivity contribution is 0.651. The van der Waals surface area contributed by atoms with Crippen LogP contribution in [0.3, 0.4) is 0 Å². The molecule has 254 valence electrons. The lowest BCUT2D eigenvalue weighted by Gasteiger charge is -2.28. The number of nitrogens with zero attached hydrogens (tertiary/aromatic N) is 2. The maximum Gasteiger partial charge on any atom is 0.0541 e. The van der Waals surface area contributed by atoms with E-state index in [9.17, 15) is 0 Å². The van der Waals surface area contributed by atoms with E-state index in [1.807, 2.05) is 0 Å². The van der Waals surface area contributed by atoms with Gasteiger partial charge in [0, 0.05) is 38.9 Å². The highest BCUT2D eigenvalue weighted by Gasteiger charge is 2.37. The maximum atomic E-state index is 2.43. The lowest BCUT2D eigenvalue weighted by Crippen LogP contribution is -2.18. The Hall–Kier alpha value is -6.38. The zero-order valence-electron chi connectivity index (χ0n) is 30.1. The number of benzene rings is 7. The molecule has 7 aromatic carbocycles. The van der Waals surface area contributed by atoms with Crippen molar-refractivity contribution in [2.24, 2.45) is 0 Å². The van der Waals surface area contributed by atoms with Crippen LogP contribution in [0.4, 0.5) is 17.1 Å². The SMILES string of the molecule is CC1(C)C2=C(CCC=C2)c2ccc(N(c3ccccc3)c3ccc(-c4ccc5c(c4)c4ccccc4n5-c4ccc(-c5ccccc5)cc4)cc3)cc21. The number of aromatic nitrogens is 1. The van der Waals surface area contributed by atoms with Crippen LogP contribution in [0.5, 0.6) is 0 Å². The summed E-state index contributed by atoms with van der Waals surface area (Å²) in [5.41, 5.74) is 17.8. The lowest BCUT2D eigenvalue weighted by atomic mass is 9.80. The first-order valence-electron chi connectivity index (χ1n) is 18.7. The van der Waals surface area contributed by atoms with Gasteiger partial charge in [0.05, 0.1) is 11.0 Å². The van der Waals surface area contributed by atoms with Gasteiger partial charge in [0.25, 0.3) is 0 Å². The Morgan fingerprint density at radius 3 is 1.91 bits per heavy atom. The zero-order valence-corrected chi connectivity index (χ0v) is 30.1. The van der Waals surface area contributed by atoms with E-state index in [1.165, 1.54) is 72.0 Å². The third-order valence-electron chi connectivity index (χ3n) is 11.5. The monoisotopic (exact) mass is 680 g/mol. The molecule has 2 heteroatoms. The van der Waals surface area contributed by atoms with Gasteiger partial charge >= 0.3 is 0 Å². The molecule has 0 N–H and O–H groups in total. The van der Waals surface area contributed by atoms with Gasteiger partial charge in [-0.1, -0.05) is 129 Å². The topological polar surface area (TPSA) is 8.17 Å². The fourth-order valence-electron chi connectivity index (χ4n) is 8.82. The minimum atomic E-state index is -0.0167. The molecule has 53 heavy (non-hydrogen) atoms. The molecule has 0 unspecified atom stereocenters. The maximum absolute atomic E-state index is 2.43. The third kappa shape index (κ3) is 5.17. The third-order valence-corrected chi connectivity index (χ3v) is 11.5. The van der Waals surface area contributed by atoms with Crippen molar-refractivity contribution in [3.05, 3.63) is 199 Å². The van der Waals surface area contributed by atoms with E-state index >= 15 is 0 Å². The molecule has 0 radical (unpaired) electrons. The number of anilines is 3. The van der Waals surface area contributed by atoms with E-state index in [0.29, 0.717) is 0 Å². The first-order valence-corrected chi connectivity index (χ1v) is 18.7. The van der Waals surface area contributed by atoms with Gasteiger partial charge in [0.15, 0.2) is 0 Å². The summed E-state index contributed by atoms with van der Waals surface area (Å²) < 4.78 is 2.39. The highest BCUT2D eigenvalue weighted by molar-refractivity contribution is 6.10. The summed E-state index contributed by atoms with van der Waals surface area (Å²) in [6.45, 7) is 4.76. The van der Waals surface area contributed by atoms with E-state index in [0.717, 1.165) is 29.9 Å². The summed E-state index contributed by atoms with van der Waals surface area (Å²) in [6, 6.07) is 62.1. The van der Waals surface area contributed by atoms with Crippen molar-refractivity contribution in [1.82, 2.24) is 4.57 Å². The van der Waals surface area contributed by atoms with Crippen molar-refractivity contribution < 1.29 is 0 Å². The number of fused-ring (bicyclic) bond motifs is 5. The van der Waals surface area contributed by atoms with Crippen LogP contribution in [-0.4, -0.2) is 4.57 Å². The fourth-order valence-corrected chi connectivity index (χ4v) is 8.82. The predicted octanol–water partition coefficient (Wildman–Crippen LogP) is 14.0. The Bertz CT molecular complexity index is 2710. The van der Waals surface area contributed by atoms with Crippen LogP contribution < -0.4 is 4.90 Å². The van der Waals surface area contributed by atoms with E-state index in [4.69, 9.17) is 0 Å². The molecule has 0 saturated carbocycles. The smallest absolute Gasteiger partial charge is 0.0541 e. The van der Waals surface area contributed by atoms with Gasteiger partial charge in [-0.3, -0.25) is 0 Å². The van der Waals surface area contributed by atoms with Crippen LogP contribution in [0.15, 0.2) is 188 Å². The molecule has 0 saturated heterocycles. The van der Waals surface area contributed by atoms with Crippen molar-refractivity contribution in [2.45, 2.75) is 32.1 Å².